The van der Waals surface area contributed by atoms with E-state index >= 15 is 0 Å². The molecule has 0 fully saturated rings. The Hall–Kier alpha value is -2.85. The van der Waals surface area contributed by atoms with Crippen LogP contribution in [0.2, 0.25) is 0 Å². The molecule has 23 heavy (non-hydrogen) atoms. The Morgan fingerprint density at radius 1 is 0.739 bits per heavy atom. The summed E-state index contributed by atoms with van der Waals surface area (Å²) in [6, 6.07) is 16.5. The van der Waals surface area contributed by atoms with Crippen LogP contribution in [0.1, 0.15) is 0 Å². The summed E-state index contributed by atoms with van der Waals surface area (Å²) in [6.45, 7) is 0. The van der Waals surface area contributed by atoms with Crippen LogP contribution in [0.3, 0.4) is 0 Å². The second kappa shape index (κ2) is 4.83. The van der Waals surface area contributed by atoms with Crippen LogP contribution in [0.15, 0.2) is 67.1 Å². The molecule has 0 amide bonds. The summed E-state index contributed by atoms with van der Waals surface area (Å²) in [7, 11) is 0. The zero-order chi connectivity index (χ0) is 15.2. The Balaban J connectivity index is 1.81. The minimum atomic E-state index is 0.904. The standard InChI is InChI=1S/C19H11N3S/c1-2-5-13-12(4-1)7-9-20-18(13)16-10-17-15(11-22-16)14-6-3-8-21-19(14)23-17/h1-11H. The maximum Gasteiger partial charge on any atom is 0.124 e. The molecule has 0 aliphatic carbocycles. The highest BCUT2D eigenvalue weighted by Gasteiger charge is 2.10. The van der Waals surface area contributed by atoms with Gasteiger partial charge in [-0.05, 0) is 29.7 Å². The molecule has 1 aromatic carbocycles. The topological polar surface area (TPSA) is 38.7 Å². The lowest BCUT2D eigenvalue weighted by Gasteiger charge is -2.05. The summed E-state index contributed by atoms with van der Waals surface area (Å²) in [5.74, 6) is 0. The molecule has 0 bridgehead atoms. The third-order valence-electron chi connectivity index (χ3n) is 4.05. The monoisotopic (exact) mass is 313 g/mol. The van der Waals surface area contributed by atoms with Crippen LogP contribution < -0.4 is 0 Å². The smallest absolute Gasteiger partial charge is 0.124 e. The number of nitrogens with zero attached hydrogens (tertiary/aromatic N) is 3. The van der Waals surface area contributed by atoms with E-state index in [4.69, 9.17) is 0 Å². The summed E-state index contributed by atoms with van der Waals surface area (Å²) in [5.41, 5.74) is 1.83. The van der Waals surface area contributed by atoms with Gasteiger partial charge in [-0.3, -0.25) is 9.97 Å². The Morgan fingerprint density at radius 3 is 2.65 bits per heavy atom. The second-order valence-corrected chi connectivity index (χ2v) is 6.44. The maximum absolute atomic E-state index is 4.67. The maximum atomic E-state index is 4.67. The van der Waals surface area contributed by atoms with Crippen LogP contribution in [-0.2, 0) is 0 Å². The summed E-state index contributed by atoms with van der Waals surface area (Å²) in [6.07, 6.45) is 5.61. The Bertz CT molecular complexity index is 1170. The normalized spacial score (nSPS) is 11.5. The van der Waals surface area contributed by atoms with Gasteiger partial charge in [-0.2, -0.15) is 0 Å². The van der Waals surface area contributed by atoms with E-state index in [0.717, 1.165) is 32.4 Å². The first-order chi connectivity index (χ1) is 11.4. The van der Waals surface area contributed by atoms with Gasteiger partial charge in [0.1, 0.15) is 4.83 Å². The number of pyridine rings is 3. The number of benzene rings is 1. The van der Waals surface area contributed by atoms with E-state index in [-0.39, 0.29) is 0 Å². The van der Waals surface area contributed by atoms with Crippen LogP contribution in [0, 0.1) is 0 Å². The highest BCUT2D eigenvalue weighted by atomic mass is 32.1. The summed E-state index contributed by atoms with van der Waals surface area (Å²) < 4.78 is 1.19. The summed E-state index contributed by atoms with van der Waals surface area (Å²) in [5, 5.41) is 4.62. The third-order valence-corrected chi connectivity index (χ3v) is 5.13. The van der Waals surface area contributed by atoms with Crippen molar-refractivity contribution in [1.82, 2.24) is 15.0 Å². The van der Waals surface area contributed by atoms with Crippen molar-refractivity contribution in [2.45, 2.75) is 0 Å². The fraction of sp³-hybridized carbons (Fsp3) is 0. The van der Waals surface area contributed by atoms with Gasteiger partial charge in [-0.25, -0.2) is 4.98 Å². The molecule has 5 rings (SSSR count). The van der Waals surface area contributed by atoms with E-state index in [1.165, 1.54) is 10.1 Å². The molecule has 4 heteroatoms. The van der Waals surface area contributed by atoms with Crippen molar-refractivity contribution in [3.8, 4) is 11.4 Å². The van der Waals surface area contributed by atoms with Gasteiger partial charge in [-0.15, -0.1) is 11.3 Å². The van der Waals surface area contributed by atoms with Gasteiger partial charge in [0.15, 0.2) is 0 Å². The molecule has 4 heterocycles. The summed E-state index contributed by atoms with van der Waals surface area (Å²) in [4.78, 5) is 14.7. The number of aromatic nitrogens is 3. The molecule has 0 aliphatic heterocycles. The highest BCUT2D eigenvalue weighted by Crippen LogP contribution is 2.34. The average molecular weight is 313 g/mol. The fourth-order valence-electron chi connectivity index (χ4n) is 2.96. The van der Waals surface area contributed by atoms with Gasteiger partial charge < -0.3 is 0 Å². The Labute approximate surface area is 136 Å². The van der Waals surface area contributed by atoms with Crippen LogP contribution in [0.5, 0.6) is 0 Å². The van der Waals surface area contributed by atoms with Gasteiger partial charge in [0.25, 0.3) is 0 Å². The minimum absolute atomic E-state index is 0.904. The quantitative estimate of drug-likeness (QED) is 0.434. The lowest BCUT2D eigenvalue weighted by atomic mass is 10.1. The molecule has 0 unspecified atom stereocenters. The Kier molecular flexibility index (Phi) is 2.66. The molecular weight excluding hydrogens is 302 g/mol. The predicted octanol–water partition coefficient (Wildman–Crippen LogP) is 5.06. The molecule has 0 spiro atoms. The van der Waals surface area contributed by atoms with Crippen molar-refractivity contribution >= 4 is 42.4 Å². The number of hydrogen-bond acceptors (Lipinski definition) is 4. The van der Waals surface area contributed by atoms with Crippen LogP contribution in [-0.4, -0.2) is 15.0 Å². The molecule has 0 saturated carbocycles. The number of rotatable bonds is 1. The molecular formula is C19H11N3S. The number of thiophene rings is 1. The lowest BCUT2D eigenvalue weighted by molar-refractivity contribution is 1.28. The van der Waals surface area contributed by atoms with Crippen molar-refractivity contribution < 1.29 is 0 Å². The van der Waals surface area contributed by atoms with E-state index in [9.17, 15) is 0 Å². The molecule has 0 N–H and O–H groups in total. The zero-order valence-corrected chi connectivity index (χ0v) is 12.9. The van der Waals surface area contributed by atoms with Crippen LogP contribution in [0.4, 0.5) is 0 Å². The van der Waals surface area contributed by atoms with Crippen molar-refractivity contribution in [1.29, 1.82) is 0 Å². The van der Waals surface area contributed by atoms with Crippen molar-refractivity contribution in [3.63, 3.8) is 0 Å². The van der Waals surface area contributed by atoms with Crippen molar-refractivity contribution in [2.75, 3.05) is 0 Å². The molecule has 0 radical (unpaired) electrons. The fourth-order valence-corrected chi connectivity index (χ4v) is 4.01. The molecule has 0 saturated heterocycles. The molecule has 108 valence electrons. The highest BCUT2D eigenvalue weighted by molar-refractivity contribution is 7.25. The van der Waals surface area contributed by atoms with Gasteiger partial charge in [-0.1, -0.05) is 24.3 Å². The zero-order valence-electron chi connectivity index (χ0n) is 12.1. The predicted molar refractivity (Wildman–Crippen MR) is 95.7 cm³/mol. The second-order valence-electron chi connectivity index (χ2n) is 5.40. The van der Waals surface area contributed by atoms with E-state index in [0.29, 0.717) is 0 Å². The molecule has 4 aromatic heterocycles. The van der Waals surface area contributed by atoms with E-state index in [1.54, 1.807) is 11.3 Å². The van der Waals surface area contributed by atoms with Crippen LogP contribution in [0.25, 0.3) is 42.5 Å². The number of hydrogen-bond donors (Lipinski definition) is 0. The molecule has 0 atom stereocenters. The molecule has 5 aromatic rings. The minimum Gasteiger partial charge on any atom is -0.254 e. The average Bonchev–Trinajstić information content (AvgIpc) is 2.99. The first-order valence-electron chi connectivity index (χ1n) is 7.37. The van der Waals surface area contributed by atoms with E-state index in [1.807, 2.05) is 42.9 Å². The van der Waals surface area contributed by atoms with Crippen molar-refractivity contribution in [2.24, 2.45) is 0 Å². The van der Waals surface area contributed by atoms with E-state index < -0.39 is 0 Å². The van der Waals surface area contributed by atoms with Gasteiger partial charge >= 0.3 is 0 Å². The molecule has 3 nitrogen and oxygen atoms in total. The summed E-state index contributed by atoms with van der Waals surface area (Å²) >= 11 is 1.70. The first-order valence-corrected chi connectivity index (χ1v) is 8.19. The van der Waals surface area contributed by atoms with Crippen LogP contribution >= 0.6 is 11.3 Å². The number of fused-ring (bicyclic) bond motifs is 4. The van der Waals surface area contributed by atoms with Gasteiger partial charge in [0.2, 0.25) is 0 Å². The first kappa shape index (κ1) is 12.7. The van der Waals surface area contributed by atoms with E-state index in [2.05, 4.69) is 39.2 Å². The molecule has 0 aliphatic rings. The van der Waals surface area contributed by atoms with Gasteiger partial charge in [0, 0.05) is 39.4 Å². The largest absolute Gasteiger partial charge is 0.254 e. The van der Waals surface area contributed by atoms with Crippen molar-refractivity contribution in [3.05, 3.63) is 67.1 Å². The van der Waals surface area contributed by atoms with Gasteiger partial charge in [0.05, 0.1) is 11.4 Å². The third kappa shape index (κ3) is 1.92. The lowest BCUT2D eigenvalue weighted by Crippen LogP contribution is -1.88. The Morgan fingerprint density at radius 2 is 1.65 bits per heavy atom. The SMILES string of the molecule is c1ccc2c(-c3cc4sc5ncccc5c4cn3)nccc2c1.